The van der Waals surface area contributed by atoms with Crippen LogP contribution < -0.4 is 5.63 Å². The average Bonchev–Trinajstić information content (AvgIpc) is 3.17. The van der Waals surface area contributed by atoms with Crippen molar-refractivity contribution in [1.29, 1.82) is 0 Å². The van der Waals surface area contributed by atoms with Crippen molar-refractivity contribution in [3.63, 3.8) is 0 Å². The maximum absolute atomic E-state index is 13.9. The van der Waals surface area contributed by atoms with Crippen LogP contribution in [0.3, 0.4) is 0 Å². The monoisotopic (exact) mass is 499 g/mol. The quantitative estimate of drug-likeness (QED) is 0.355. The second-order valence-electron chi connectivity index (χ2n) is 10.9. The number of fused-ring (bicyclic) bond motifs is 3. The molecule has 3 heterocycles. The molecule has 1 N–H and O–H groups in total. The largest absolute Gasteiger partial charge is 0.461 e. The topological polar surface area (TPSA) is 83.9 Å². The van der Waals surface area contributed by atoms with Gasteiger partial charge in [0.05, 0.1) is 23.6 Å². The summed E-state index contributed by atoms with van der Waals surface area (Å²) in [5.41, 5.74) is 3.17. The minimum Gasteiger partial charge on any atom is -0.461 e. The van der Waals surface area contributed by atoms with E-state index in [0.717, 1.165) is 58.9 Å². The lowest BCUT2D eigenvalue weighted by molar-refractivity contribution is -0.154. The molecule has 6 rings (SSSR count). The highest BCUT2D eigenvalue weighted by Gasteiger charge is 2.50. The number of piperidine rings is 1. The Morgan fingerprint density at radius 1 is 1.00 bits per heavy atom. The van der Waals surface area contributed by atoms with Crippen LogP contribution in [0.25, 0.3) is 21.9 Å². The fraction of sp³-hybridized carbons (Fsp3) is 0.419. The van der Waals surface area contributed by atoms with Crippen LogP contribution in [0.15, 0.2) is 56.1 Å². The van der Waals surface area contributed by atoms with Crippen molar-refractivity contribution in [3.8, 4) is 0 Å². The van der Waals surface area contributed by atoms with E-state index in [1.807, 2.05) is 62.1 Å². The summed E-state index contributed by atoms with van der Waals surface area (Å²) in [5.74, 6) is 0.712. The number of aryl methyl sites for hydroxylation is 3. The van der Waals surface area contributed by atoms with Crippen LogP contribution in [0.4, 0.5) is 0 Å². The minimum absolute atomic E-state index is 0.0175. The van der Waals surface area contributed by atoms with Gasteiger partial charge < -0.3 is 18.8 Å². The Balaban J connectivity index is 1.39. The first-order valence-electron chi connectivity index (χ1n) is 13.3. The van der Waals surface area contributed by atoms with Gasteiger partial charge in [-0.1, -0.05) is 43.2 Å². The molecule has 1 saturated heterocycles. The summed E-state index contributed by atoms with van der Waals surface area (Å²) in [6, 6.07) is 13.6. The first-order chi connectivity index (χ1) is 17.8. The minimum atomic E-state index is -0.751. The van der Waals surface area contributed by atoms with Crippen LogP contribution in [-0.2, 0) is 11.2 Å². The lowest BCUT2D eigenvalue weighted by Gasteiger charge is -2.52. The van der Waals surface area contributed by atoms with Crippen molar-refractivity contribution in [2.24, 2.45) is 5.92 Å². The van der Waals surface area contributed by atoms with Crippen LogP contribution in [0.2, 0.25) is 0 Å². The number of hydrogen-bond acceptors (Lipinski definition) is 5. The Morgan fingerprint density at radius 3 is 2.51 bits per heavy atom. The van der Waals surface area contributed by atoms with Gasteiger partial charge in [-0.2, -0.15) is 0 Å². The van der Waals surface area contributed by atoms with E-state index in [1.54, 1.807) is 6.07 Å². The maximum Gasteiger partial charge on any atom is 0.340 e. The van der Waals surface area contributed by atoms with Gasteiger partial charge in [0.25, 0.3) is 0 Å². The van der Waals surface area contributed by atoms with E-state index in [-0.39, 0.29) is 24.3 Å². The van der Waals surface area contributed by atoms with Crippen LogP contribution >= 0.6 is 0 Å². The summed E-state index contributed by atoms with van der Waals surface area (Å²) in [7, 11) is 0. The Kier molecular flexibility index (Phi) is 5.75. The zero-order chi connectivity index (χ0) is 25.9. The van der Waals surface area contributed by atoms with Crippen molar-refractivity contribution >= 4 is 27.8 Å². The number of carbonyl (C=O) groups is 1. The number of amides is 1. The molecule has 3 unspecified atom stereocenters. The number of aliphatic hydroxyl groups is 1. The molecule has 0 bridgehead atoms. The molecule has 192 valence electrons. The molecule has 6 nitrogen and oxygen atoms in total. The van der Waals surface area contributed by atoms with E-state index in [9.17, 15) is 14.7 Å². The van der Waals surface area contributed by atoms with E-state index < -0.39 is 11.2 Å². The first-order valence-corrected chi connectivity index (χ1v) is 13.3. The molecule has 1 saturated carbocycles. The smallest absolute Gasteiger partial charge is 0.340 e. The van der Waals surface area contributed by atoms with Gasteiger partial charge in [-0.25, -0.2) is 4.79 Å². The van der Waals surface area contributed by atoms with Crippen molar-refractivity contribution in [2.75, 3.05) is 6.54 Å². The Hall–Kier alpha value is -3.38. The van der Waals surface area contributed by atoms with Gasteiger partial charge in [-0.15, -0.1) is 0 Å². The highest BCUT2D eigenvalue weighted by atomic mass is 16.4. The molecule has 3 atom stereocenters. The molecule has 2 aliphatic rings. The molecular formula is C31H33NO5. The van der Waals surface area contributed by atoms with Gasteiger partial charge in [0.2, 0.25) is 5.91 Å². The second-order valence-corrected chi connectivity index (χ2v) is 10.9. The normalized spacial score (nSPS) is 23.9. The zero-order valence-corrected chi connectivity index (χ0v) is 21.7. The van der Waals surface area contributed by atoms with Gasteiger partial charge in [-0.3, -0.25) is 4.79 Å². The maximum atomic E-state index is 13.9. The fourth-order valence-corrected chi connectivity index (χ4v) is 6.71. The molecule has 1 amide bonds. The molecule has 0 radical (unpaired) electrons. The van der Waals surface area contributed by atoms with Crippen LogP contribution in [0, 0.1) is 26.7 Å². The highest BCUT2D eigenvalue weighted by molar-refractivity contribution is 5.97. The Morgan fingerprint density at radius 2 is 1.73 bits per heavy atom. The Labute approximate surface area is 215 Å². The highest BCUT2D eigenvalue weighted by Crippen LogP contribution is 2.49. The number of hydrogen-bond donors (Lipinski definition) is 1. The number of furan rings is 1. The van der Waals surface area contributed by atoms with Gasteiger partial charge in [-0.05, 0) is 62.8 Å². The molecule has 1 aliphatic heterocycles. The summed E-state index contributed by atoms with van der Waals surface area (Å²) in [6.45, 7) is 6.29. The third-order valence-corrected chi connectivity index (χ3v) is 8.94. The van der Waals surface area contributed by atoms with Crippen LogP contribution in [-0.4, -0.2) is 28.1 Å². The van der Waals surface area contributed by atoms with Gasteiger partial charge in [0, 0.05) is 29.3 Å². The molecular weight excluding hydrogens is 466 g/mol. The predicted octanol–water partition coefficient (Wildman–Crippen LogP) is 5.90. The summed E-state index contributed by atoms with van der Waals surface area (Å²) in [4.78, 5) is 28.9. The van der Waals surface area contributed by atoms with Gasteiger partial charge >= 0.3 is 5.63 Å². The third kappa shape index (κ3) is 3.89. The summed E-state index contributed by atoms with van der Waals surface area (Å²) in [5, 5.41) is 13.3. The standard InChI is InChI=1S/C31H33NO5/c1-18-20(3)36-26-17-27-23(15-22(18)26)19(2)24(30(34)37-27)16-28(33)32-14-13-31(35)12-8-7-11-25(31)29(32)21-9-5-4-6-10-21/h4-6,9-10,15,17,25,29,35H,7-8,11-14,16H2,1-3H3. The predicted molar refractivity (Wildman–Crippen MR) is 143 cm³/mol. The van der Waals surface area contributed by atoms with Crippen LogP contribution in [0.5, 0.6) is 0 Å². The van der Waals surface area contributed by atoms with Crippen molar-refractivity contribution in [3.05, 3.63) is 80.9 Å². The fourth-order valence-electron chi connectivity index (χ4n) is 6.71. The van der Waals surface area contributed by atoms with E-state index in [0.29, 0.717) is 29.7 Å². The average molecular weight is 500 g/mol. The SMILES string of the molecule is Cc1oc2cc3oc(=O)c(CC(=O)N4CCC5(O)CCCCC5C4c4ccccc4)c(C)c3cc2c1C. The van der Waals surface area contributed by atoms with E-state index in [1.165, 1.54) is 0 Å². The van der Waals surface area contributed by atoms with Crippen molar-refractivity contribution in [2.45, 2.75) is 70.9 Å². The molecule has 2 aromatic carbocycles. The first kappa shape index (κ1) is 24.0. The summed E-state index contributed by atoms with van der Waals surface area (Å²) < 4.78 is 11.5. The van der Waals surface area contributed by atoms with Crippen molar-refractivity contribution in [1.82, 2.24) is 4.90 Å². The second kappa shape index (κ2) is 8.88. The molecule has 4 aromatic rings. The number of likely N-dealkylation sites (tertiary alicyclic amines) is 1. The molecule has 1 aliphatic carbocycles. The van der Waals surface area contributed by atoms with E-state index >= 15 is 0 Å². The third-order valence-electron chi connectivity index (χ3n) is 8.94. The molecule has 2 aromatic heterocycles. The van der Waals surface area contributed by atoms with E-state index in [2.05, 4.69) is 0 Å². The van der Waals surface area contributed by atoms with Crippen LogP contribution in [0.1, 0.15) is 66.2 Å². The van der Waals surface area contributed by atoms with Gasteiger partial charge in [0.15, 0.2) is 0 Å². The number of carbonyl (C=O) groups excluding carboxylic acids is 1. The summed E-state index contributed by atoms with van der Waals surface area (Å²) >= 11 is 0. The molecule has 2 fully saturated rings. The number of benzene rings is 2. The van der Waals surface area contributed by atoms with Crippen molar-refractivity contribution < 1.29 is 18.7 Å². The van der Waals surface area contributed by atoms with E-state index in [4.69, 9.17) is 8.83 Å². The summed E-state index contributed by atoms with van der Waals surface area (Å²) in [6.07, 6.45) is 4.26. The number of rotatable bonds is 3. The molecule has 37 heavy (non-hydrogen) atoms. The zero-order valence-electron chi connectivity index (χ0n) is 21.7. The lowest BCUT2D eigenvalue weighted by atomic mass is 9.66. The number of nitrogens with zero attached hydrogens (tertiary/aromatic N) is 1. The molecule has 6 heteroatoms. The lowest BCUT2D eigenvalue weighted by Crippen LogP contribution is -2.56. The van der Waals surface area contributed by atoms with Gasteiger partial charge in [0.1, 0.15) is 16.9 Å². The Bertz CT molecular complexity index is 1570. The molecule has 0 spiro atoms.